The van der Waals surface area contributed by atoms with Gasteiger partial charge in [-0.1, -0.05) is 36.4 Å². The van der Waals surface area contributed by atoms with Crippen molar-refractivity contribution in [1.29, 1.82) is 0 Å². The number of halogens is 1. The van der Waals surface area contributed by atoms with Gasteiger partial charge in [0.1, 0.15) is 5.82 Å². The van der Waals surface area contributed by atoms with E-state index in [0.29, 0.717) is 11.1 Å². The Hall–Kier alpha value is -2.62. The molecule has 0 aliphatic heterocycles. The Morgan fingerprint density at radius 2 is 1.82 bits per heavy atom. The molecule has 0 spiro atoms. The highest BCUT2D eigenvalue weighted by atomic mass is 19.1. The number of hydrogen-bond donors (Lipinski definition) is 0. The first-order valence-electron chi connectivity index (χ1n) is 7.11. The van der Waals surface area contributed by atoms with Gasteiger partial charge in [0.2, 0.25) is 0 Å². The van der Waals surface area contributed by atoms with Gasteiger partial charge < -0.3 is 9.47 Å². The van der Waals surface area contributed by atoms with Gasteiger partial charge in [-0.2, -0.15) is 0 Å². The summed E-state index contributed by atoms with van der Waals surface area (Å²) in [6.45, 7) is 0.245. The third kappa shape index (κ3) is 2.48. The molecule has 0 aliphatic carbocycles. The average Bonchev–Trinajstić information content (AvgIpc) is 2.86. The summed E-state index contributed by atoms with van der Waals surface area (Å²) < 4.78 is 15.7. The van der Waals surface area contributed by atoms with Crippen LogP contribution in [0.5, 0.6) is 0 Å². The molecule has 0 saturated carbocycles. The predicted octanol–water partition coefficient (Wildman–Crippen LogP) is 3.59. The first kappa shape index (κ1) is 14.3. The molecule has 3 rings (SSSR count). The van der Waals surface area contributed by atoms with Gasteiger partial charge in [-0.05, 0) is 12.1 Å². The summed E-state index contributed by atoms with van der Waals surface area (Å²) in [6, 6.07) is 14.3. The number of amides is 1. The van der Waals surface area contributed by atoms with Gasteiger partial charge in [-0.3, -0.25) is 4.79 Å². The quantitative estimate of drug-likeness (QED) is 0.725. The van der Waals surface area contributed by atoms with E-state index in [4.69, 9.17) is 0 Å². The Morgan fingerprint density at radius 3 is 2.59 bits per heavy atom. The Kier molecular flexibility index (Phi) is 3.67. The molecule has 112 valence electrons. The van der Waals surface area contributed by atoms with Crippen molar-refractivity contribution in [2.75, 3.05) is 7.05 Å². The topological polar surface area (TPSA) is 25.2 Å². The Bertz CT molecular complexity index is 838. The van der Waals surface area contributed by atoms with Crippen LogP contribution >= 0.6 is 0 Å². The lowest BCUT2D eigenvalue weighted by atomic mass is 10.1. The van der Waals surface area contributed by atoms with E-state index in [2.05, 4.69) is 0 Å². The van der Waals surface area contributed by atoms with E-state index in [1.165, 1.54) is 6.07 Å². The molecule has 3 aromatic rings. The summed E-state index contributed by atoms with van der Waals surface area (Å²) in [4.78, 5) is 14.2. The highest BCUT2D eigenvalue weighted by molar-refractivity contribution is 6.06. The van der Waals surface area contributed by atoms with Gasteiger partial charge in [-0.15, -0.1) is 0 Å². The fourth-order valence-electron chi connectivity index (χ4n) is 2.67. The minimum Gasteiger partial charge on any atom is -0.350 e. The lowest BCUT2D eigenvalue weighted by Gasteiger charge is -2.17. The van der Waals surface area contributed by atoms with Gasteiger partial charge in [0, 0.05) is 43.3 Å². The number of para-hydroxylation sites is 1. The summed E-state index contributed by atoms with van der Waals surface area (Å²) in [6.07, 6.45) is 1.82. The first-order valence-corrected chi connectivity index (χ1v) is 7.11. The number of fused-ring (bicyclic) bond motifs is 1. The minimum atomic E-state index is -0.292. The first-order chi connectivity index (χ1) is 10.6. The van der Waals surface area contributed by atoms with Gasteiger partial charge in [0.15, 0.2) is 0 Å². The van der Waals surface area contributed by atoms with Crippen LogP contribution in [0.2, 0.25) is 0 Å². The van der Waals surface area contributed by atoms with Gasteiger partial charge in [0.25, 0.3) is 5.91 Å². The van der Waals surface area contributed by atoms with Crippen LogP contribution in [0.4, 0.5) is 4.39 Å². The monoisotopic (exact) mass is 296 g/mol. The zero-order valence-electron chi connectivity index (χ0n) is 12.6. The molecule has 0 aliphatic rings. The maximum Gasteiger partial charge on any atom is 0.256 e. The van der Waals surface area contributed by atoms with Crippen molar-refractivity contribution < 1.29 is 9.18 Å². The molecule has 0 unspecified atom stereocenters. The number of benzene rings is 2. The summed E-state index contributed by atoms with van der Waals surface area (Å²) in [5.41, 5.74) is 2.15. The molecule has 0 N–H and O–H groups in total. The highest BCUT2D eigenvalue weighted by Gasteiger charge is 2.18. The largest absolute Gasteiger partial charge is 0.350 e. The number of carbonyl (C=O) groups is 1. The fraction of sp³-hybridized carbons (Fsp3) is 0.167. The summed E-state index contributed by atoms with van der Waals surface area (Å²) in [5, 5.41) is 0.912. The molecule has 0 fully saturated rings. The van der Waals surface area contributed by atoms with Crippen molar-refractivity contribution in [3.63, 3.8) is 0 Å². The number of carbonyl (C=O) groups excluding carboxylic acids is 1. The molecular weight excluding hydrogens is 279 g/mol. The number of aryl methyl sites for hydroxylation is 1. The van der Waals surface area contributed by atoms with E-state index in [1.807, 2.05) is 42.1 Å². The second-order valence-corrected chi connectivity index (χ2v) is 5.42. The second kappa shape index (κ2) is 5.64. The van der Waals surface area contributed by atoms with E-state index in [9.17, 15) is 9.18 Å². The zero-order valence-corrected chi connectivity index (χ0v) is 12.6. The number of rotatable bonds is 3. The molecule has 0 saturated heterocycles. The standard InChI is InChI=1S/C18H17FN2O/c1-20-12-15(14-8-4-6-10-17(14)20)18(22)21(2)11-13-7-3-5-9-16(13)19/h3-10,12H,11H2,1-2H3. The minimum absolute atomic E-state index is 0.111. The Balaban J connectivity index is 1.91. The van der Waals surface area contributed by atoms with Crippen molar-refractivity contribution in [3.8, 4) is 0 Å². The zero-order chi connectivity index (χ0) is 15.7. The predicted molar refractivity (Wildman–Crippen MR) is 85.1 cm³/mol. The highest BCUT2D eigenvalue weighted by Crippen LogP contribution is 2.22. The van der Waals surface area contributed by atoms with Crippen molar-refractivity contribution in [2.24, 2.45) is 7.05 Å². The molecule has 2 aromatic carbocycles. The van der Waals surface area contributed by atoms with Crippen LogP contribution < -0.4 is 0 Å². The van der Waals surface area contributed by atoms with Gasteiger partial charge in [-0.25, -0.2) is 4.39 Å². The number of hydrogen-bond acceptors (Lipinski definition) is 1. The summed E-state index contributed by atoms with van der Waals surface area (Å²) in [5.74, 6) is -0.403. The Morgan fingerprint density at radius 1 is 1.14 bits per heavy atom. The van der Waals surface area contributed by atoms with Crippen molar-refractivity contribution in [1.82, 2.24) is 9.47 Å². The Labute approximate surface area is 128 Å². The van der Waals surface area contributed by atoms with Gasteiger partial charge in [0.05, 0.1) is 5.56 Å². The van der Waals surface area contributed by atoms with Crippen LogP contribution in [0.3, 0.4) is 0 Å². The summed E-state index contributed by atoms with van der Waals surface area (Å²) >= 11 is 0. The molecular formula is C18H17FN2O. The SMILES string of the molecule is CN(Cc1ccccc1F)C(=O)c1cn(C)c2ccccc12. The van der Waals surface area contributed by atoms with Crippen LogP contribution in [0.1, 0.15) is 15.9 Å². The third-order valence-corrected chi connectivity index (χ3v) is 3.84. The molecule has 1 amide bonds. The van der Waals surface area contributed by atoms with E-state index in [0.717, 1.165) is 10.9 Å². The lowest BCUT2D eigenvalue weighted by molar-refractivity contribution is 0.0785. The second-order valence-electron chi connectivity index (χ2n) is 5.42. The maximum absolute atomic E-state index is 13.7. The average molecular weight is 296 g/mol. The van der Waals surface area contributed by atoms with E-state index in [1.54, 1.807) is 30.1 Å². The van der Waals surface area contributed by atoms with Crippen molar-refractivity contribution in [2.45, 2.75) is 6.54 Å². The van der Waals surface area contributed by atoms with Crippen molar-refractivity contribution >= 4 is 16.8 Å². The van der Waals surface area contributed by atoms with Crippen LogP contribution in [-0.4, -0.2) is 22.4 Å². The number of nitrogens with zero attached hydrogens (tertiary/aromatic N) is 2. The van der Waals surface area contributed by atoms with E-state index in [-0.39, 0.29) is 18.3 Å². The molecule has 1 aromatic heterocycles. The molecule has 0 atom stereocenters. The van der Waals surface area contributed by atoms with Crippen LogP contribution in [0.25, 0.3) is 10.9 Å². The maximum atomic E-state index is 13.7. The summed E-state index contributed by atoms with van der Waals surface area (Å²) in [7, 11) is 3.60. The molecule has 3 nitrogen and oxygen atoms in total. The van der Waals surface area contributed by atoms with E-state index < -0.39 is 0 Å². The lowest BCUT2D eigenvalue weighted by Crippen LogP contribution is -2.26. The van der Waals surface area contributed by atoms with E-state index >= 15 is 0 Å². The molecule has 22 heavy (non-hydrogen) atoms. The normalized spacial score (nSPS) is 10.9. The number of aromatic nitrogens is 1. The third-order valence-electron chi connectivity index (χ3n) is 3.84. The molecule has 4 heteroatoms. The fourth-order valence-corrected chi connectivity index (χ4v) is 2.67. The van der Waals surface area contributed by atoms with Crippen LogP contribution in [0, 0.1) is 5.82 Å². The molecule has 0 radical (unpaired) electrons. The molecule has 0 bridgehead atoms. The smallest absolute Gasteiger partial charge is 0.256 e. The van der Waals surface area contributed by atoms with Crippen LogP contribution in [-0.2, 0) is 13.6 Å². The van der Waals surface area contributed by atoms with Crippen LogP contribution in [0.15, 0.2) is 54.7 Å². The van der Waals surface area contributed by atoms with Gasteiger partial charge >= 0.3 is 0 Å². The van der Waals surface area contributed by atoms with Crippen molar-refractivity contribution in [3.05, 3.63) is 71.7 Å². The molecule has 1 heterocycles.